The zero-order valence-corrected chi connectivity index (χ0v) is 12.9. The first-order valence-electron chi connectivity index (χ1n) is 6.66. The summed E-state index contributed by atoms with van der Waals surface area (Å²) in [7, 11) is -3.43. The van der Waals surface area contributed by atoms with Gasteiger partial charge in [0.15, 0.2) is 0 Å². The number of nitrogens with one attached hydrogen (secondary N) is 1. The normalized spacial score (nSPS) is 19.1. The van der Waals surface area contributed by atoms with E-state index in [-0.39, 0.29) is 4.90 Å². The van der Waals surface area contributed by atoms with E-state index in [1.54, 1.807) is 24.3 Å². The topological polar surface area (TPSA) is 81.4 Å². The smallest absolute Gasteiger partial charge is 0.240 e. The Balaban J connectivity index is 1.94. The van der Waals surface area contributed by atoms with Crippen molar-refractivity contribution >= 4 is 21.8 Å². The summed E-state index contributed by atoms with van der Waals surface area (Å²) in [5.74, 6) is 1.75. The van der Waals surface area contributed by atoms with Gasteiger partial charge in [-0.15, -0.1) is 0 Å². The van der Waals surface area contributed by atoms with Crippen LogP contribution in [-0.4, -0.2) is 39.1 Å². The van der Waals surface area contributed by atoms with Crippen LogP contribution in [0.1, 0.15) is 12.8 Å². The molecule has 1 atom stereocenters. The first-order valence-corrected chi connectivity index (χ1v) is 9.19. The van der Waals surface area contributed by atoms with Crippen molar-refractivity contribution in [2.24, 2.45) is 5.73 Å². The van der Waals surface area contributed by atoms with Crippen LogP contribution in [0.5, 0.6) is 5.75 Å². The van der Waals surface area contributed by atoms with Crippen molar-refractivity contribution in [1.82, 2.24) is 4.72 Å². The second-order valence-electron chi connectivity index (χ2n) is 4.60. The van der Waals surface area contributed by atoms with Crippen LogP contribution < -0.4 is 15.2 Å². The number of hydrogen-bond donors (Lipinski definition) is 2. The van der Waals surface area contributed by atoms with Gasteiger partial charge in [0, 0.05) is 18.3 Å². The van der Waals surface area contributed by atoms with Crippen molar-refractivity contribution in [2.75, 3.05) is 25.4 Å². The summed E-state index contributed by atoms with van der Waals surface area (Å²) in [6, 6.07) is 6.40. The summed E-state index contributed by atoms with van der Waals surface area (Å²) in [5, 5.41) is 0.400. The van der Waals surface area contributed by atoms with Gasteiger partial charge < -0.3 is 10.5 Å². The molecule has 1 aliphatic rings. The second-order valence-corrected chi connectivity index (χ2v) is 7.77. The third kappa shape index (κ3) is 4.37. The molecule has 1 aliphatic heterocycles. The molecule has 0 amide bonds. The van der Waals surface area contributed by atoms with Crippen molar-refractivity contribution < 1.29 is 13.2 Å². The molecule has 1 fully saturated rings. The molecule has 1 saturated heterocycles. The average Bonchev–Trinajstić information content (AvgIpc) is 2.97. The Morgan fingerprint density at radius 2 is 2.10 bits per heavy atom. The van der Waals surface area contributed by atoms with Crippen LogP contribution in [0.4, 0.5) is 0 Å². The van der Waals surface area contributed by atoms with Gasteiger partial charge in [-0.3, -0.25) is 0 Å². The van der Waals surface area contributed by atoms with Crippen molar-refractivity contribution in [2.45, 2.75) is 23.0 Å². The van der Waals surface area contributed by atoms with Crippen molar-refractivity contribution in [3.63, 3.8) is 0 Å². The molecule has 2 rings (SSSR count). The van der Waals surface area contributed by atoms with E-state index in [2.05, 4.69) is 4.72 Å². The minimum absolute atomic E-state index is 0.264. The van der Waals surface area contributed by atoms with Crippen LogP contribution >= 0.6 is 11.8 Å². The van der Waals surface area contributed by atoms with Crippen LogP contribution in [0.3, 0.4) is 0 Å². The van der Waals surface area contributed by atoms with Gasteiger partial charge in [0.2, 0.25) is 10.0 Å². The van der Waals surface area contributed by atoms with Gasteiger partial charge in [-0.25, -0.2) is 13.1 Å². The lowest BCUT2D eigenvalue weighted by Crippen LogP contribution is -2.29. The van der Waals surface area contributed by atoms with Gasteiger partial charge in [-0.1, -0.05) is 0 Å². The third-order valence-electron chi connectivity index (χ3n) is 3.05. The molecule has 1 aromatic rings. The van der Waals surface area contributed by atoms with Crippen LogP contribution in [0.25, 0.3) is 0 Å². The second kappa shape index (κ2) is 7.31. The number of hydrogen-bond acceptors (Lipinski definition) is 5. The number of thioether (sulfide) groups is 1. The maximum absolute atomic E-state index is 12.1. The molecule has 0 bridgehead atoms. The summed E-state index contributed by atoms with van der Waals surface area (Å²) >= 11 is 1.83. The predicted octanol–water partition coefficient (Wildman–Crippen LogP) is 1.20. The Kier molecular flexibility index (Phi) is 5.71. The number of nitrogens with two attached hydrogens (primary N) is 1. The highest BCUT2D eigenvalue weighted by molar-refractivity contribution is 8.00. The minimum atomic E-state index is -3.43. The third-order valence-corrected chi connectivity index (χ3v) is 5.88. The van der Waals surface area contributed by atoms with Crippen LogP contribution in [0, 0.1) is 0 Å². The molecular weight excluding hydrogens is 296 g/mol. The number of rotatable bonds is 7. The Morgan fingerprint density at radius 3 is 2.70 bits per heavy atom. The maximum Gasteiger partial charge on any atom is 0.240 e. The van der Waals surface area contributed by atoms with Crippen molar-refractivity contribution in [1.29, 1.82) is 0 Å². The molecule has 1 aromatic carbocycles. The van der Waals surface area contributed by atoms with E-state index < -0.39 is 10.0 Å². The van der Waals surface area contributed by atoms with E-state index in [0.717, 1.165) is 12.2 Å². The lowest BCUT2D eigenvalue weighted by molar-refractivity contribution is 0.328. The number of ether oxygens (including phenoxy) is 1. The van der Waals surface area contributed by atoms with Gasteiger partial charge in [-0.05, 0) is 42.9 Å². The van der Waals surface area contributed by atoms with E-state index >= 15 is 0 Å². The van der Waals surface area contributed by atoms with Gasteiger partial charge in [0.25, 0.3) is 0 Å². The average molecular weight is 316 g/mol. The lowest BCUT2D eigenvalue weighted by Gasteiger charge is -2.11. The summed E-state index contributed by atoms with van der Waals surface area (Å²) in [6.07, 6.45) is 2.25. The summed E-state index contributed by atoms with van der Waals surface area (Å²) in [4.78, 5) is 0.264. The Bertz CT molecular complexity index is 511. The zero-order chi connectivity index (χ0) is 14.4. The highest BCUT2D eigenvalue weighted by Crippen LogP contribution is 2.25. The maximum atomic E-state index is 12.1. The van der Waals surface area contributed by atoms with Gasteiger partial charge in [0.05, 0.1) is 4.90 Å². The highest BCUT2D eigenvalue weighted by Gasteiger charge is 2.20. The van der Waals surface area contributed by atoms with Gasteiger partial charge in [0.1, 0.15) is 12.4 Å². The molecule has 20 heavy (non-hydrogen) atoms. The van der Waals surface area contributed by atoms with Crippen LogP contribution in [-0.2, 0) is 10.0 Å². The quantitative estimate of drug-likeness (QED) is 0.790. The molecule has 5 nitrogen and oxygen atoms in total. The SMILES string of the molecule is NCCOc1ccc(S(=O)(=O)NCC2CCCS2)cc1. The van der Waals surface area contributed by atoms with Crippen molar-refractivity contribution in [3.05, 3.63) is 24.3 Å². The standard InChI is InChI=1S/C13H20N2O3S2/c14-7-8-18-11-3-5-13(6-4-11)20(16,17)15-10-12-2-1-9-19-12/h3-6,12,15H,1-2,7-10,14H2. The molecular formula is C13H20N2O3S2. The highest BCUT2D eigenvalue weighted by atomic mass is 32.2. The summed E-state index contributed by atoms with van der Waals surface area (Å²) in [6.45, 7) is 1.35. The molecule has 7 heteroatoms. The van der Waals surface area contributed by atoms with E-state index in [4.69, 9.17) is 10.5 Å². The zero-order valence-electron chi connectivity index (χ0n) is 11.2. The fraction of sp³-hybridized carbons (Fsp3) is 0.538. The fourth-order valence-electron chi connectivity index (χ4n) is 1.98. The van der Waals surface area contributed by atoms with Crippen LogP contribution in [0.2, 0.25) is 0 Å². The first-order chi connectivity index (χ1) is 9.62. The fourth-order valence-corrected chi connectivity index (χ4v) is 4.37. The number of sulfonamides is 1. The van der Waals surface area contributed by atoms with E-state index in [0.29, 0.717) is 30.7 Å². The molecule has 0 aliphatic carbocycles. The van der Waals surface area contributed by atoms with Crippen LogP contribution in [0.15, 0.2) is 29.2 Å². The summed E-state index contributed by atoms with van der Waals surface area (Å²) in [5.41, 5.74) is 5.34. The largest absolute Gasteiger partial charge is 0.492 e. The van der Waals surface area contributed by atoms with Gasteiger partial charge >= 0.3 is 0 Å². The van der Waals surface area contributed by atoms with Gasteiger partial charge in [-0.2, -0.15) is 11.8 Å². The molecule has 0 spiro atoms. The Morgan fingerprint density at radius 1 is 1.35 bits per heavy atom. The molecule has 3 N–H and O–H groups in total. The molecule has 0 saturated carbocycles. The lowest BCUT2D eigenvalue weighted by atomic mass is 10.2. The molecule has 112 valence electrons. The monoisotopic (exact) mass is 316 g/mol. The van der Waals surface area contributed by atoms with E-state index in [1.807, 2.05) is 11.8 Å². The van der Waals surface area contributed by atoms with E-state index in [9.17, 15) is 8.42 Å². The Labute approximate surface area is 124 Å². The predicted molar refractivity (Wildman–Crippen MR) is 81.7 cm³/mol. The molecule has 1 unspecified atom stereocenters. The first kappa shape index (κ1) is 15.6. The molecule has 1 heterocycles. The summed E-state index contributed by atoms with van der Waals surface area (Å²) < 4.78 is 32.3. The minimum Gasteiger partial charge on any atom is -0.492 e. The Hall–Kier alpha value is -0.760. The molecule has 0 aromatic heterocycles. The number of benzene rings is 1. The molecule has 0 radical (unpaired) electrons. The van der Waals surface area contributed by atoms with Crippen molar-refractivity contribution in [3.8, 4) is 5.75 Å². The van der Waals surface area contributed by atoms with E-state index in [1.165, 1.54) is 6.42 Å².